The summed E-state index contributed by atoms with van der Waals surface area (Å²) in [5.41, 5.74) is 0.606. The third kappa shape index (κ3) is 2.81. The fraction of sp³-hybridized carbons (Fsp3) is 0.333. The smallest absolute Gasteiger partial charge is 0.258 e. The Morgan fingerprint density at radius 1 is 1.53 bits per heavy atom. The van der Waals surface area contributed by atoms with Crippen LogP contribution in [0.15, 0.2) is 18.2 Å². The van der Waals surface area contributed by atoms with Crippen LogP contribution in [0.5, 0.6) is 0 Å². The molecule has 15 heavy (non-hydrogen) atoms. The van der Waals surface area contributed by atoms with Crippen LogP contribution in [0.1, 0.15) is 12.5 Å². The molecule has 1 atom stereocenters. The number of nitrogens with zero attached hydrogens (tertiary/aromatic N) is 1. The lowest BCUT2D eigenvalue weighted by Crippen LogP contribution is -2.06. The molecular formula is C9H11NO4P+. The second-order valence-corrected chi connectivity index (χ2v) is 4.18. The Labute approximate surface area is 88.1 Å². The summed E-state index contributed by atoms with van der Waals surface area (Å²) in [6, 6.07) is 4.54. The molecule has 0 aliphatic rings. The zero-order chi connectivity index (χ0) is 11.4. The Morgan fingerprint density at radius 3 is 2.73 bits per heavy atom. The van der Waals surface area contributed by atoms with Gasteiger partial charge in [-0.1, -0.05) is 6.07 Å². The van der Waals surface area contributed by atoms with Crippen molar-refractivity contribution in [1.82, 2.24) is 0 Å². The molecule has 0 saturated carbocycles. The highest BCUT2D eigenvalue weighted by atomic mass is 31.1. The molecule has 0 aliphatic heterocycles. The van der Waals surface area contributed by atoms with E-state index in [0.717, 1.165) is 5.56 Å². The maximum Gasteiger partial charge on any atom is 0.556 e. The second-order valence-electron chi connectivity index (χ2n) is 2.92. The zero-order valence-electron chi connectivity index (χ0n) is 8.47. The fourth-order valence-corrected chi connectivity index (χ4v) is 2.02. The van der Waals surface area contributed by atoms with Crippen LogP contribution >= 0.6 is 8.03 Å². The van der Waals surface area contributed by atoms with E-state index in [-0.39, 0.29) is 17.6 Å². The Balaban J connectivity index is 3.17. The van der Waals surface area contributed by atoms with Crippen molar-refractivity contribution in [1.29, 1.82) is 0 Å². The molecule has 5 nitrogen and oxygen atoms in total. The summed E-state index contributed by atoms with van der Waals surface area (Å²) >= 11 is 0. The summed E-state index contributed by atoms with van der Waals surface area (Å²) in [6.07, 6.45) is 0. The van der Waals surface area contributed by atoms with Crippen LogP contribution < -0.4 is 5.30 Å². The first-order valence-electron chi connectivity index (χ1n) is 4.41. The predicted octanol–water partition coefficient (Wildman–Crippen LogP) is 2.31. The molecule has 6 heteroatoms. The van der Waals surface area contributed by atoms with Gasteiger partial charge in [-0.25, -0.2) is 0 Å². The first kappa shape index (κ1) is 11.8. The van der Waals surface area contributed by atoms with E-state index >= 15 is 0 Å². The standard InChI is InChI=1S/C9H11NO4P/c1-3-14-15(13)9-5-4-7(2)6-8(9)10(11)12/h4-6H,3H2,1-2H3/q+1. The molecule has 80 valence electrons. The molecule has 0 aliphatic carbocycles. The van der Waals surface area contributed by atoms with Crippen LogP contribution in [-0.2, 0) is 9.09 Å². The van der Waals surface area contributed by atoms with Crippen LogP contribution in [0.3, 0.4) is 0 Å². The highest BCUT2D eigenvalue weighted by Gasteiger charge is 2.32. The molecule has 0 aromatic heterocycles. The average molecular weight is 228 g/mol. The van der Waals surface area contributed by atoms with Crippen LogP contribution in [0.25, 0.3) is 0 Å². The van der Waals surface area contributed by atoms with E-state index in [1.165, 1.54) is 12.1 Å². The quantitative estimate of drug-likeness (QED) is 0.450. The van der Waals surface area contributed by atoms with E-state index in [2.05, 4.69) is 0 Å². The summed E-state index contributed by atoms with van der Waals surface area (Å²) in [5, 5.41) is 10.8. The third-order valence-electron chi connectivity index (χ3n) is 1.77. The van der Waals surface area contributed by atoms with Gasteiger partial charge in [0.25, 0.3) is 0 Å². The highest BCUT2D eigenvalue weighted by molar-refractivity contribution is 7.48. The molecule has 0 bridgehead atoms. The predicted molar refractivity (Wildman–Crippen MR) is 56.7 cm³/mol. The minimum absolute atomic E-state index is 0.141. The highest BCUT2D eigenvalue weighted by Crippen LogP contribution is 2.27. The first-order chi connectivity index (χ1) is 7.06. The molecule has 1 aromatic carbocycles. The Bertz CT molecular complexity index is 405. The molecular weight excluding hydrogens is 217 g/mol. The van der Waals surface area contributed by atoms with Crippen molar-refractivity contribution >= 4 is 19.0 Å². The summed E-state index contributed by atoms with van der Waals surface area (Å²) < 4.78 is 16.4. The van der Waals surface area contributed by atoms with E-state index in [1.807, 2.05) is 0 Å². The van der Waals surface area contributed by atoms with Gasteiger partial charge < -0.3 is 0 Å². The van der Waals surface area contributed by atoms with Gasteiger partial charge in [0.05, 0.1) is 4.92 Å². The molecule has 1 unspecified atom stereocenters. The van der Waals surface area contributed by atoms with Crippen molar-refractivity contribution in [2.75, 3.05) is 6.61 Å². The van der Waals surface area contributed by atoms with Crippen molar-refractivity contribution in [3.05, 3.63) is 33.9 Å². The van der Waals surface area contributed by atoms with Gasteiger partial charge in [0.15, 0.2) is 0 Å². The normalized spacial score (nSPS) is 11.2. The maximum atomic E-state index is 11.5. The maximum absolute atomic E-state index is 11.5. The molecule has 0 heterocycles. The van der Waals surface area contributed by atoms with Crippen LogP contribution in [0.2, 0.25) is 0 Å². The molecule has 0 fully saturated rings. The molecule has 1 aromatic rings. The lowest BCUT2D eigenvalue weighted by Gasteiger charge is -1.94. The van der Waals surface area contributed by atoms with Gasteiger partial charge in [-0.15, -0.1) is 4.52 Å². The SMILES string of the molecule is CCO[P+](=O)c1ccc(C)cc1[N+](=O)[O-]. The van der Waals surface area contributed by atoms with E-state index in [1.54, 1.807) is 19.9 Å². The molecule has 0 radical (unpaired) electrons. The number of nitro benzene ring substituents is 1. The van der Waals surface area contributed by atoms with Gasteiger partial charge in [-0.3, -0.25) is 10.1 Å². The summed E-state index contributed by atoms with van der Waals surface area (Å²) in [7, 11) is -2.13. The Morgan fingerprint density at radius 2 is 2.20 bits per heavy atom. The average Bonchev–Trinajstić information content (AvgIpc) is 2.17. The zero-order valence-corrected chi connectivity index (χ0v) is 9.36. The Hall–Kier alpha value is -1.32. The van der Waals surface area contributed by atoms with E-state index < -0.39 is 13.0 Å². The van der Waals surface area contributed by atoms with Crippen molar-refractivity contribution in [2.45, 2.75) is 13.8 Å². The van der Waals surface area contributed by atoms with Crippen molar-refractivity contribution in [2.24, 2.45) is 0 Å². The van der Waals surface area contributed by atoms with Crippen molar-refractivity contribution < 1.29 is 14.0 Å². The van der Waals surface area contributed by atoms with Crippen LogP contribution in [-0.4, -0.2) is 11.5 Å². The topological polar surface area (TPSA) is 69.4 Å². The van der Waals surface area contributed by atoms with Gasteiger partial charge in [0.1, 0.15) is 6.61 Å². The minimum Gasteiger partial charge on any atom is -0.258 e. The van der Waals surface area contributed by atoms with E-state index in [4.69, 9.17) is 4.52 Å². The molecule has 0 amide bonds. The van der Waals surface area contributed by atoms with Crippen molar-refractivity contribution in [3.8, 4) is 0 Å². The van der Waals surface area contributed by atoms with Gasteiger partial charge in [0.2, 0.25) is 0 Å². The van der Waals surface area contributed by atoms with E-state index in [9.17, 15) is 14.7 Å². The van der Waals surface area contributed by atoms with Gasteiger partial charge in [-0.05, 0) is 24.0 Å². The number of nitro groups is 1. The number of aryl methyl sites for hydroxylation is 1. The summed E-state index contributed by atoms with van der Waals surface area (Å²) in [6.45, 7) is 3.69. The lowest BCUT2D eigenvalue weighted by molar-refractivity contribution is -0.383. The first-order valence-corrected chi connectivity index (χ1v) is 5.59. The lowest BCUT2D eigenvalue weighted by atomic mass is 10.2. The number of hydrogen-bond acceptors (Lipinski definition) is 4. The molecule has 0 N–H and O–H groups in total. The van der Waals surface area contributed by atoms with Crippen LogP contribution in [0.4, 0.5) is 5.69 Å². The molecule has 1 rings (SSSR count). The number of benzene rings is 1. The minimum atomic E-state index is -2.13. The number of rotatable bonds is 4. The third-order valence-corrected chi connectivity index (χ3v) is 3.03. The number of hydrogen-bond donors (Lipinski definition) is 0. The summed E-state index contributed by atoms with van der Waals surface area (Å²) in [4.78, 5) is 10.2. The second kappa shape index (κ2) is 4.96. The molecule has 0 saturated heterocycles. The van der Waals surface area contributed by atoms with Crippen LogP contribution in [0, 0.1) is 17.0 Å². The Kier molecular flexibility index (Phi) is 3.88. The molecule has 0 spiro atoms. The van der Waals surface area contributed by atoms with Gasteiger partial charge >= 0.3 is 19.0 Å². The largest absolute Gasteiger partial charge is 0.556 e. The van der Waals surface area contributed by atoms with Gasteiger partial charge in [0, 0.05) is 12.1 Å². The van der Waals surface area contributed by atoms with Gasteiger partial charge in [-0.2, -0.15) is 0 Å². The van der Waals surface area contributed by atoms with Crippen molar-refractivity contribution in [3.63, 3.8) is 0 Å². The summed E-state index contributed by atoms with van der Waals surface area (Å²) in [5.74, 6) is 0. The fourth-order valence-electron chi connectivity index (χ4n) is 1.12. The van der Waals surface area contributed by atoms with E-state index in [0.29, 0.717) is 0 Å². The monoisotopic (exact) mass is 228 g/mol.